The van der Waals surface area contributed by atoms with Gasteiger partial charge in [-0.15, -0.1) is 0 Å². The zero-order valence-corrected chi connectivity index (χ0v) is 16.4. The number of amides is 1. The number of ether oxygens (including phenoxy) is 1. The van der Waals surface area contributed by atoms with Gasteiger partial charge in [-0.1, -0.05) is 60.1 Å². The average Bonchev–Trinajstić information content (AvgIpc) is 2.76. The Morgan fingerprint density at radius 1 is 0.931 bits per heavy atom. The minimum absolute atomic E-state index is 0.118. The molecule has 1 aromatic heterocycles. The lowest BCUT2D eigenvalue weighted by Gasteiger charge is -2.13. The highest BCUT2D eigenvalue weighted by molar-refractivity contribution is 6.35. The summed E-state index contributed by atoms with van der Waals surface area (Å²) in [6, 6.07) is 25.1. The van der Waals surface area contributed by atoms with Gasteiger partial charge in [0.05, 0.1) is 5.02 Å². The molecule has 1 amide bonds. The number of carbonyl (C=O) groups is 1. The number of fused-ring (bicyclic) bond motifs is 1. The Labute approximate surface area is 174 Å². The molecule has 0 saturated carbocycles. The predicted octanol–water partition coefficient (Wildman–Crippen LogP) is 5.50. The Hall–Kier alpha value is -3.37. The smallest absolute Gasteiger partial charge is 0.262 e. The second-order valence-electron chi connectivity index (χ2n) is 6.60. The lowest BCUT2D eigenvalue weighted by molar-refractivity contribution is -0.118. The van der Waals surface area contributed by atoms with Crippen molar-refractivity contribution in [3.8, 4) is 5.75 Å². The van der Waals surface area contributed by atoms with Gasteiger partial charge in [0.1, 0.15) is 11.3 Å². The van der Waals surface area contributed by atoms with E-state index in [0.717, 1.165) is 23.1 Å². The molecule has 3 aromatic carbocycles. The first-order valence-corrected chi connectivity index (χ1v) is 9.66. The Bertz CT molecular complexity index is 1150. The summed E-state index contributed by atoms with van der Waals surface area (Å²) in [5.41, 5.74) is 3.65. The number of para-hydroxylation sites is 1. The third-order valence-corrected chi connectivity index (χ3v) is 4.90. The fourth-order valence-corrected chi connectivity index (χ4v) is 3.39. The van der Waals surface area contributed by atoms with Gasteiger partial charge >= 0.3 is 0 Å². The molecule has 29 heavy (non-hydrogen) atoms. The molecule has 0 bridgehead atoms. The summed E-state index contributed by atoms with van der Waals surface area (Å²) in [7, 11) is 0. The topological polar surface area (TPSA) is 51.2 Å². The van der Waals surface area contributed by atoms with E-state index in [0.29, 0.717) is 16.3 Å². The van der Waals surface area contributed by atoms with Gasteiger partial charge in [-0.05, 0) is 47.9 Å². The van der Waals surface area contributed by atoms with E-state index in [2.05, 4.69) is 22.4 Å². The molecule has 0 atom stereocenters. The quantitative estimate of drug-likeness (QED) is 0.463. The van der Waals surface area contributed by atoms with Crippen LogP contribution in [0, 0.1) is 0 Å². The second-order valence-corrected chi connectivity index (χ2v) is 7.01. The summed E-state index contributed by atoms with van der Waals surface area (Å²) in [5.74, 6) is 0.294. The molecule has 4 nitrogen and oxygen atoms in total. The van der Waals surface area contributed by atoms with Gasteiger partial charge in [0.25, 0.3) is 5.91 Å². The maximum Gasteiger partial charge on any atom is 0.262 e. The van der Waals surface area contributed by atoms with E-state index in [4.69, 9.17) is 16.3 Å². The van der Waals surface area contributed by atoms with Crippen LogP contribution in [0.2, 0.25) is 5.02 Å². The maximum absolute atomic E-state index is 12.5. The molecule has 4 aromatic rings. The molecule has 0 fully saturated rings. The number of aromatic nitrogens is 1. The number of carbonyl (C=O) groups excluding carboxylic acids is 1. The van der Waals surface area contributed by atoms with E-state index in [1.807, 2.05) is 54.6 Å². The minimum atomic E-state index is -0.232. The molecule has 0 aliphatic heterocycles. The van der Waals surface area contributed by atoms with Crippen LogP contribution in [0.15, 0.2) is 85.1 Å². The molecule has 144 valence electrons. The third kappa shape index (κ3) is 4.55. The van der Waals surface area contributed by atoms with Gasteiger partial charge in [-0.25, -0.2) is 0 Å². The minimum Gasteiger partial charge on any atom is -0.481 e. The van der Waals surface area contributed by atoms with Gasteiger partial charge in [-0.3, -0.25) is 9.78 Å². The lowest BCUT2D eigenvalue weighted by Crippen LogP contribution is -2.21. The number of pyridine rings is 1. The van der Waals surface area contributed by atoms with Gasteiger partial charge in [0, 0.05) is 17.3 Å². The summed E-state index contributed by atoms with van der Waals surface area (Å²) in [6.07, 6.45) is 2.41. The lowest BCUT2D eigenvalue weighted by atomic mass is 10.0. The van der Waals surface area contributed by atoms with Crippen molar-refractivity contribution in [2.45, 2.75) is 6.42 Å². The summed E-state index contributed by atoms with van der Waals surface area (Å²) in [4.78, 5) is 16.8. The fraction of sp³-hybridized carbons (Fsp3) is 0.0833. The van der Waals surface area contributed by atoms with Crippen LogP contribution in [-0.4, -0.2) is 17.5 Å². The number of nitrogens with one attached hydrogen (secondary N) is 1. The van der Waals surface area contributed by atoms with Gasteiger partial charge in [0.15, 0.2) is 6.61 Å². The van der Waals surface area contributed by atoms with E-state index in [1.54, 1.807) is 18.3 Å². The Morgan fingerprint density at radius 2 is 1.72 bits per heavy atom. The maximum atomic E-state index is 12.5. The number of hydrogen-bond donors (Lipinski definition) is 1. The van der Waals surface area contributed by atoms with Crippen LogP contribution in [0.1, 0.15) is 11.1 Å². The highest BCUT2D eigenvalue weighted by atomic mass is 35.5. The van der Waals surface area contributed by atoms with Gasteiger partial charge in [0.2, 0.25) is 0 Å². The van der Waals surface area contributed by atoms with Crippen LogP contribution in [0.3, 0.4) is 0 Å². The summed E-state index contributed by atoms with van der Waals surface area (Å²) < 4.78 is 5.73. The van der Waals surface area contributed by atoms with Crippen molar-refractivity contribution in [2.24, 2.45) is 0 Å². The first kappa shape index (κ1) is 19.0. The van der Waals surface area contributed by atoms with E-state index < -0.39 is 0 Å². The van der Waals surface area contributed by atoms with Crippen molar-refractivity contribution < 1.29 is 9.53 Å². The average molecular weight is 403 g/mol. The van der Waals surface area contributed by atoms with Crippen LogP contribution in [0.25, 0.3) is 10.9 Å². The van der Waals surface area contributed by atoms with Crippen molar-refractivity contribution in [1.29, 1.82) is 0 Å². The summed E-state index contributed by atoms with van der Waals surface area (Å²) in [5, 5.41) is 4.34. The molecule has 0 unspecified atom stereocenters. The number of rotatable bonds is 6. The number of nitrogens with zero attached hydrogens (tertiary/aromatic N) is 1. The largest absolute Gasteiger partial charge is 0.481 e. The third-order valence-electron chi connectivity index (χ3n) is 4.57. The van der Waals surface area contributed by atoms with E-state index in [-0.39, 0.29) is 12.5 Å². The summed E-state index contributed by atoms with van der Waals surface area (Å²) >= 11 is 6.21. The van der Waals surface area contributed by atoms with Crippen LogP contribution >= 0.6 is 11.6 Å². The number of halogens is 1. The molecule has 1 heterocycles. The van der Waals surface area contributed by atoms with Crippen molar-refractivity contribution in [3.05, 3.63) is 101 Å². The van der Waals surface area contributed by atoms with Crippen LogP contribution in [0.5, 0.6) is 5.75 Å². The normalized spacial score (nSPS) is 10.7. The molecule has 4 rings (SSSR count). The van der Waals surface area contributed by atoms with Gasteiger partial charge < -0.3 is 10.1 Å². The van der Waals surface area contributed by atoms with Crippen LogP contribution in [0.4, 0.5) is 5.69 Å². The van der Waals surface area contributed by atoms with E-state index in [1.165, 1.54) is 5.56 Å². The number of benzene rings is 3. The SMILES string of the molecule is O=C(COc1ccc(Cl)c2cccnc12)Nc1ccccc1Cc1ccccc1. The molecule has 0 aliphatic carbocycles. The predicted molar refractivity (Wildman–Crippen MR) is 117 cm³/mol. The molecular weight excluding hydrogens is 384 g/mol. The fourth-order valence-electron chi connectivity index (χ4n) is 3.17. The first-order chi connectivity index (χ1) is 14.2. The molecule has 0 radical (unpaired) electrons. The number of anilines is 1. The van der Waals surface area contributed by atoms with Crippen molar-refractivity contribution in [2.75, 3.05) is 11.9 Å². The van der Waals surface area contributed by atoms with E-state index in [9.17, 15) is 4.79 Å². The monoisotopic (exact) mass is 402 g/mol. The molecule has 0 saturated heterocycles. The van der Waals surface area contributed by atoms with Crippen molar-refractivity contribution in [1.82, 2.24) is 4.98 Å². The van der Waals surface area contributed by atoms with Crippen molar-refractivity contribution in [3.63, 3.8) is 0 Å². The first-order valence-electron chi connectivity index (χ1n) is 9.28. The number of hydrogen-bond acceptors (Lipinski definition) is 3. The van der Waals surface area contributed by atoms with Gasteiger partial charge in [-0.2, -0.15) is 0 Å². The molecule has 0 aliphatic rings. The summed E-state index contributed by atoms with van der Waals surface area (Å²) in [6.45, 7) is -0.118. The molecule has 5 heteroatoms. The zero-order chi connectivity index (χ0) is 20.1. The molecule has 1 N–H and O–H groups in total. The Morgan fingerprint density at radius 3 is 2.59 bits per heavy atom. The molecule has 0 spiro atoms. The van der Waals surface area contributed by atoms with Crippen LogP contribution in [-0.2, 0) is 11.2 Å². The van der Waals surface area contributed by atoms with Crippen LogP contribution < -0.4 is 10.1 Å². The molecular formula is C24H19ClN2O2. The zero-order valence-electron chi connectivity index (χ0n) is 15.6. The Kier molecular flexibility index (Phi) is 5.73. The van der Waals surface area contributed by atoms with E-state index >= 15 is 0 Å². The second kappa shape index (κ2) is 8.76. The highest BCUT2D eigenvalue weighted by Gasteiger charge is 2.11. The van der Waals surface area contributed by atoms with Crippen molar-refractivity contribution >= 4 is 34.1 Å². The standard InChI is InChI=1S/C24H19ClN2O2/c25-20-12-13-22(24-19(20)10-6-14-26-24)29-16-23(28)27-21-11-5-4-9-18(21)15-17-7-2-1-3-8-17/h1-14H,15-16H2,(H,27,28). The highest BCUT2D eigenvalue weighted by Crippen LogP contribution is 2.29. The Balaban J connectivity index is 1.45.